The second-order valence-corrected chi connectivity index (χ2v) is 4.51. The molecule has 1 N–H and O–H groups in total. The van der Waals surface area contributed by atoms with E-state index in [1.54, 1.807) is 6.20 Å². The van der Waals surface area contributed by atoms with Crippen LogP contribution in [-0.4, -0.2) is 16.7 Å². The van der Waals surface area contributed by atoms with Gasteiger partial charge >= 0.3 is 0 Å². The number of nitrogens with zero attached hydrogens (tertiary/aromatic N) is 2. The van der Waals surface area contributed by atoms with Gasteiger partial charge in [-0.15, -0.1) is 0 Å². The maximum atomic E-state index is 3.96. The van der Waals surface area contributed by atoms with Crippen LogP contribution >= 0.6 is 0 Å². The molecule has 0 aliphatic heterocycles. The molecule has 0 spiro atoms. The molecule has 1 unspecified atom stereocenters. The molecule has 0 bridgehead atoms. The number of hydrogen-bond acceptors (Lipinski definition) is 3. The highest BCUT2D eigenvalue weighted by molar-refractivity contribution is 5.36. The van der Waals surface area contributed by atoms with Crippen LogP contribution in [0.5, 0.6) is 0 Å². The average Bonchev–Trinajstić information content (AvgIpc) is 2.40. The molecule has 3 heteroatoms. The molecule has 1 aromatic heterocycles. The predicted molar refractivity (Wildman–Crippen MR) is 73.5 cm³/mol. The molecule has 94 valence electrons. The standard InChI is InChI=1S/C15H19N3/c1-4-16-15(14-7-8-17-18-10-14)13-6-5-11(2)12(3)9-13/h5-10,15-16H,4H2,1-3H3. The third-order valence-corrected chi connectivity index (χ3v) is 3.21. The molecule has 2 rings (SSSR count). The minimum Gasteiger partial charge on any atom is -0.306 e. The molecule has 0 aliphatic rings. The summed E-state index contributed by atoms with van der Waals surface area (Å²) in [4.78, 5) is 0. The third-order valence-electron chi connectivity index (χ3n) is 3.21. The highest BCUT2D eigenvalue weighted by Gasteiger charge is 2.13. The van der Waals surface area contributed by atoms with E-state index in [9.17, 15) is 0 Å². The van der Waals surface area contributed by atoms with Gasteiger partial charge in [0.2, 0.25) is 0 Å². The Balaban J connectivity index is 2.38. The lowest BCUT2D eigenvalue weighted by molar-refractivity contribution is 0.626. The van der Waals surface area contributed by atoms with Crippen molar-refractivity contribution in [3.63, 3.8) is 0 Å². The SMILES string of the molecule is CCNC(c1ccnnc1)c1ccc(C)c(C)c1. The number of benzene rings is 1. The van der Waals surface area contributed by atoms with Gasteiger partial charge in [-0.3, -0.25) is 0 Å². The van der Waals surface area contributed by atoms with Gasteiger partial charge in [-0.1, -0.05) is 25.1 Å². The van der Waals surface area contributed by atoms with Crippen LogP contribution in [0.2, 0.25) is 0 Å². The predicted octanol–water partition coefficient (Wildman–Crippen LogP) is 2.79. The number of aromatic nitrogens is 2. The highest BCUT2D eigenvalue weighted by Crippen LogP contribution is 2.23. The molecular formula is C15H19N3. The Bertz CT molecular complexity index is 508. The fraction of sp³-hybridized carbons (Fsp3) is 0.333. The summed E-state index contributed by atoms with van der Waals surface area (Å²) in [6.45, 7) is 7.31. The van der Waals surface area contributed by atoms with E-state index in [1.165, 1.54) is 16.7 Å². The lowest BCUT2D eigenvalue weighted by Crippen LogP contribution is -2.22. The van der Waals surface area contributed by atoms with Crippen LogP contribution in [0.3, 0.4) is 0 Å². The molecule has 0 saturated heterocycles. The average molecular weight is 241 g/mol. The lowest BCUT2D eigenvalue weighted by Gasteiger charge is -2.19. The highest BCUT2D eigenvalue weighted by atomic mass is 15.1. The van der Waals surface area contributed by atoms with Crippen molar-refractivity contribution in [2.24, 2.45) is 0 Å². The summed E-state index contributed by atoms with van der Waals surface area (Å²) in [5.74, 6) is 0. The summed E-state index contributed by atoms with van der Waals surface area (Å²) in [6.07, 6.45) is 3.56. The summed E-state index contributed by atoms with van der Waals surface area (Å²) in [5, 5.41) is 11.3. The molecule has 1 atom stereocenters. The quantitative estimate of drug-likeness (QED) is 0.894. The van der Waals surface area contributed by atoms with Crippen LogP contribution in [0.25, 0.3) is 0 Å². The first-order valence-corrected chi connectivity index (χ1v) is 6.29. The largest absolute Gasteiger partial charge is 0.306 e. The molecule has 18 heavy (non-hydrogen) atoms. The summed E-state index contributed by atoms with van der Waals surface area (Å²) >= 11 is 0. The monoisotopic (exact) mass is 241 g/mol. The zero-order chi connectivity index (χ0) is 13.0. The molecule has 0 fully saturated rings. The Morgan fingerprint density at radius 1 is 1.06 bits per heavy atom. The van der Waals surface area contributed by atoms with Crippen molar-refractivity contribution in [3.05, 3.63) is 58.9 Å². The zero-order valence-corrected chi connectivity index (χ0v) is 11.1. The molecule has 2 aromatic rings. The van der Waals surface area contributed by atoms with E-state index in [4.69, 9.17) is 0 Å². The lowest BCUT2D eigenvalue weighted by atomic mass is 9.97. The molecule has 1 heterocycles. The Labute approximate surface area is 108 Å². The second kappa shape index (κ2) is 5.74. The number of hydrogen-bond donors (Lipinski definition) is 1. The van der Waals surface area contributed by atoms with Gasteiger partial charge in [0.1, 0.15) is 0 Å². The van der Waals surface area contributed by atoms with Gasteiger partial charge in [-0.25, -0.2) is 0 Å². The number of aryl methyl sites for hydroxylation is 2. The van der Waals surface area contributed by atoms with E-state index in [0.29, 0.717) is 0 Å². The normalized spacial score (nSPS) is 12.4. The van der Waals surface area contributed by atoms with Crippen molar-refractivity contribution >= 4 is 0 Å². The van der Waals surface area contributed by atoms with Crippen molar-refractivity contribution in [1.29, 1.82) is 0 Å². The van der Waals surface area contributed by atoms with Crippen LogP contribution < -0.4 is 5.32 Å². The Morgan fingerprint density at radius 2 is 1.89 bits per heavy atom. The number of rotatable bonds is 4. The number of nitrogens with one attached hydrogen (secondary N) is 1. The van der Waals surface area contributed by atoms with Gasteiger partial charge in [0, 0.05) is 6.20 Å². The molecular weight excluding hydrogens is 222 g/mol. The minimum atomic E-state index is 0.185. The maximum Gasteiger partial charge on any atom is 0.0593 e. The smallest absolute Gasteiger partial charge is 0.0593 e. The Kier molecular flexibility index (Phi) is 4.05. The van der Waals surface area contributed by atoms with E-state index >= 15 is 0 Å². The van der Waals surface area contributed by atoms with Crippen LogP contribution in [0, 0.1) is 13.8 Å². The second-order valence-electron chi connectivity index (χ2n) is 4.51. The minimum absolute atomic E-state index is 0.185. The summed E-state index contributed by atoms with van der Waals surface area (Å²) in [7, 11) is 0. The van der Waals surface area contributed by atoms with Crippen LogP contribution in [0.15, 0.2) is 36.7 Å². The van der Waals surface area contributed by atoms with E-state index < -0.39 is 0 Å². The van der Waals surface area contributed by atoms with Crippen molar-refractivity contribution in [2.45, 2.75) is 26.8 Å². The van der Waals surface area contributed by atoms with Crippen molar-refractivity contribution < 1.29 is 0 Å². The van der Waals surface area contributed by atoms with Gasteiger partial charge < -0.3 is 5.32 Å². The Morgan fingerprint density at radius 3 is 2.50 bits per heavy atom. The zero-order valence-electron chi connectivity index (χ0n) is 11.1. The summed E-state index contributed by atoms with van der Waals surface area (Å²) < 4.78 is 0. The molecule has 1 aromatic carbocycles. The van der Waals surface area contributed by atoms with Crippen molar-refractivity contribution in [3.8, 4) is 0 Å². The van der Waals surface area contributed by atoms with Crippen LogP contribution in [0.4, 0.5) is 0 Å². The fourth-order valence-electron chi connectivity index (χ4n) is 2.05. The van der Waals surface area contributed by atoms with E-state index in [1.807, 2.05) is 12.3 Å². The molecule has 0 radical (unpaired) electrons. The summed E-state index contributed by atoms with van der Waals surface area (Å²) in [6, 6.07) is 8.78. The first kappa shape index (κ1) is 12.7. The summed E-state index contributed by atoms with van der Waals surface area (Å²) in [5.41, 5.74) is 5.06. The fourth-order valence-corrected chi connectivity index (χ4v) is 2.05. The van der Waals surface area contributed by atoms with Gasteiger partial charge in [-0.05, 0) is 48.7 Å². The van der Waals surface area contributed by atoms with Gasteiger partial charge in [0.05, 0.1) is 12.2 Å². The van der Waals surface area contributed by atoms with Crippen LogP contribution in [0.1, 0.15) is 35.2 Å². The van der Waals surface area contributed by atoms with Crippen molar-refractivity contribution in [1.82, 2.24) is 15.5 Å². The van der Waals surface area contributed by atoms with E-state index in [0.717, 1.165) is 12.1 Å². The van der Waals surface area contributed by atoms with Crippen molar-refractivity contribution in [2.75, 3.05) is 6.54 Å². The third kappa shape index (κ3) is 2.74. The van der Waals surface area contributed by atoms with E-state index in [-0.39, 0.29) is 6.04 Å². The first-order chi connectivity index (χ1) is 8.72. The van der Waals surface area contributed by atoms with E-state index in [2.05, 4.69) is 54.5 Å². The van der Waals surface area contributed by atoms with Gasteiger partial charge in [-0.2, -0.15) is 10.2 Å². The maximum absolute atomic E-state index is 3.96. The van der Waals surface area contributed by atoms with Gasteiger partial charge in [0.15, 0.2) is 0 Å². The topological polar surface area (TPSA) is 37.8 Å². The van der Waals surface area contributed by atoms with Gasteiger partial charge in [0.25, 0.3) is 0 Å². The van der Waals surface area contributed by atoms with Crippen LogP contribution in [-0.2, 0) is 0 Å². The Hall–Kier alpha value is -1.74. The molecule has 0 saturated carbocycles. The molecule has 0 amide bonds. The molecule has 3 nitrogen and oxygen atoms in total. The first-order valence-electron chi connectivity index (χ1n) is 6.29. The molecule has 0 aliphatic carbocycles.